The van der Waals surface area contributed by atoms with Gasteiger partial charge in [-0.25, -0.2) is 0 Å². The Labute approximate surface area is 241 Å². The molecule has 3 aromatic carbocycles. The predicted octanol–water partition coefficient (Wildman–Crippen LogP) is 7.63. The molecule has 7 heteroatoms. The quantitative estimate of drug-likeness (QED) is 0.136. The molecule has 0 spiro atoms. The van der Waals surface area contributed by atoms with Gasteiger partial charge < -0.3 is 14.2 Å². The highest BCUT2D eigenvalue weighted by Gasteiger charge is 2.32. The van der Waals surface area contributed by atoms with Crippen LogP contribution in [0.5, 0.6) is 17.2 Å². The molecular formula is C32H35NO4S2. The van der Waals surface area contributed by atoms with Gasteiger partial charge in [0.15, 0.2) is 11.5 Å². The molecule has 1 fully saturated rings. The van der Waals surface area contributed by atoms with Crippen LogP contribution in [0.2, 0.25) is 0 Å². The first-order valence-electron chi connectivity index (χ1n) is 13.2. The van der Waals surface area contributed by atoms with Crippen molar-refractivity contribution in [3.8, 4) is 17.2 Å². The van der Waals surface area contributed by atoms with Crippen LogP contribution < -0.4 is 14.2 Å². The Balaban J connectivity index is 1.33. The molecular weight excluding hydrogens is 526 g/mol. The van der Waals surface area contributed by atoms with Crippen LogP contribution >= 0.6 is 24.0 Å². The summed E-state index contributed by atoms with van der Waals surface area (Å²) in [6.07, 6.45) is 2.59. The summed E-state index contributed by atoms with van der Waals surface area (Å²) in [5.41, 5.74) is 3.30. The fraction of sp³-hybridized carbons (Fsp3) is 0.312. The molecule has 1 aliphatic heterocycles. The van der Waals surface area contributed by atoms with E-state index in [-0.39, 0.29) is 11.3 Å². The van der Waals surface area contributed by atoms with Gasteiger partial charge in [0.05, 0.1) is 31.3 Å². The highest BCUT2D eigenvalue weighted by Crippen LogP contribution is 2.35. The largest absolute Gasteiger partial charge is 0.493 e. The van der Waals surface area contributed by atoms with Gasteiger partial charge in [0, 0.05) is 6.42 Å². The molecule has 0 unspecified atom stereocenters. The Hall–Kier alpha value is -3.29. The molecule has 0 bridgehead atoms. The molecule has 1 aliphatic rings. The number of thioether (sulfide) groups is 1. The minimum Gasteiger partial charge on any atom is -0.493 e. The monoisotopic (exact) mass is 561 g/mol. The lowest BCUT2D eigenvalue weighted by Crippen LogP contribution is -2.27. The second-order valence-corrected chi connectivity index (χ2v) is 11.9. The van der Waals surface area contributed by atoms with Crippen molar-refractivity contribution in [1.82, 2.24) is 4.90 Å². The van der Waals surface area contributed by atoms with E-state index in [1.807, 2.05) is 73.7 Å². The normalized spacial score (nSPS) is 14.7. The third-order valence-corrected chi connectivity index (χ3v) is 7.54. The van der Waals surface area contributed by atoms with Crippen molar-refractivity contribution in [3.63, 3.8) is 0 Å². The number of hydrogen-bond acceptors (Lipinski definition) is 6. The standard InChI is InChI=1S/C32H35NO4S2/c1-5-35-28-20-24(21-29-30(34)33(31(38)39-29)22-23-10-7-6-8-11-23)12-17-27(28)37-19-9-18-36-26-15-13-25(14-16-26)32(2,3)4/h6-8,10-17,20-21H,5,9,18-19,22H2,1-4H3/b29-21-. The number of ether oxygens (including phenoxy) is 3. The number of carbonyl (C=O) groups is 1. The average molecular weight is 562 g/mol. The van der Waals surface area contributed by atoms with Gasteiger partial charge in [0.1, 0.15) is 10.1 Å². The van der Waals surface area contributed by atoms with Crippen molar-refractivity contribution in [3.05, 3.63) is 94.4 Å². The maximum absolute atomic E-state index is 13.0. The van der Waals surface area contributed by atoms with Crippen LogP contribution in [-0.4, -0.2) is 34.9 Å². The fourth-order valence-electron chi connectivity index (χ4n) is 4.04. The number of amides is 1. The SMILES string of the molecule is CCOc1cc(/C=C2\SC(=S)N(Cc3ccccc3)C2=O)ccc1OCCCOc1ccc(C(C)(C)C)cc1. The first kappa shape index (κ1) is 28.7. The van der Waals surface area contributed by atoms with Crippen LogP contribution in [0.1, 0.15) is 50.8 Å². The molecule has 0 saturated carbocycles. The van der Waals surface area contributed by atoms with Gasteiger partial charge >= 0.3 is 0 Å². The number of carbonyl (C=O) groups excluding carboxylic acids is 1. The van der Waals surface area contributed by atoms with Crippen LogP contribution in [0.25, 0.3) is 6.08 Å². The van der Waals surface area contributed by atoms with E-state index >= 15 is 0 Å². The zero-order chi connectivity index (χ0) is 27.8. The first-order chi connectivity index (χ1) is 18.7. The molecule has 204 valence electrons. The van der Waals surface area contributed by atoms with Gasteiger partial charge in [-0.2, -0.15) is 0 Å². The molecule has 5 nitrogen and oxygen atoms in total. The average Bonchev–Trinajstić information content (AvgIpc) is 3.17. The van der Waals surface area contributed by atoms with Gasteiger partial charge in [-0.15, -0.1) is 0 Å². The van der Waals surface area contributed by atoms with Gasteiger partial charge in [-0.3, -0.25) is 9.69 Å². The minimum absolute atomic E-state index is 0.0832. The summed E-state index contributed by atoms with van der Waals surface area (Å²) in [5.74, 6) is 2.08. The minimum atomic E-state index is -0.0832. The number of rotatable bonds is 11. The summed E-state index contributed by atoms with van der Waals surface area (Å²) in [5, 5.41) is 0. The molecule has 0 aliphatic carbocycles. The Kier molecular flexibility index (Phi) is 9.70. The summed E-state index contributed by atoms with van der Waals surface area (Å²) in [4.78, 5) is 15.3. The molecule has 0 aromatic heterocycles. The molecule has 39 heavy (non-hydrogen) atoms. The van der Waals surface area contributed by atoms with E-state index in [0.29, 0.717) is 47.1 Å². The van der Waals surface area contributed by atoms with Gasteiger partial charge in [-0.1, -0.05) is 93.3 Å². The molecule has 0 atom stereocenters. The van der Waals surface area contributed by atoms with Crippen molar-refractivity contribution in [2.24, 2.45) is 0 Å². The Morgan fingerprint density at radius 1 is 0.897 bits per heavy atom. The van der Waals surface area contributed by atoms with Crippen LogP contribution in [0.4, 0.5) is 0 Å². The Morgan fingerprint density at radius 3 is 2.31 bits per heavy atom. The van der Waals surface area contributed by atoms with Crippen LogP contribution in [0, 0.1) is 0 Å². The molecule has 1 amide bonds. The van der Waals surface area contributed by atoms with Crippen LogP contribution in [0.3, 0.4) is 0 Å². The lowest BCUT2D eigenvalue weighted by molar-refractivity contribution is -0.122. The molecule has 4 rings (SSSR count). The zero-order valence-corrected chi connectivity index (χ0v) is 24.6. The van der Waals surface area contributed by atoms with Crippen LogP contribution in [0.15, 0.2) is 77.7 Å². The number of thiocarbonyl (C=S) groups is 1. The maximum atomic E-state index is 13.0. The Morgan fingerprint density at radius 2 is 1.62 bits per heavy atom. The van der Waals surface area contributed by atoms with Crippen LogP contribution in [-0.2, 0) is 16.8 Å². The molecule has 0 N–H and O–H groups in total. The second-order valence-electron chi connectivity index (χ2n) is 10.2. The van der Waals surface area contributed by atoms with Crippen molar-refractivity contribution < 1.29 is 19.0 Å². The van der Waals surface area contributed by atoms with Gasteiger partial charge in [0.25, 0.3) is 5.91 Å². The van der Waals surface area contributed by atoms with E-state index in [0.717, 1.165) is 23.3 Å². The number of nitrogens with zero attached hydrogens (tertiary/aromatic N) is 1. The van der Waals surface area contributed by atoms with E-state index in [4.69, 9.17) is 26.4 Å². The van der Waals surface area contributed by atoms with Gasteiger partial charge in [-0.05, 0) is 59.4 Å². The molecule has 1 heterocycles. The first-order valence-corrected chi connectivity index (χ1v) is 14.4. The van der Waals surface area contributed by atoms with E-state index in [1.165, 1.54) is 17.3 Å². The van der Waals surface area contributed by atoms with E-state index in [9.17, 15) is 4.79 Å². The number of benzene rings is 3. The van der Waals surface area contributed by atoms with Gasteiger partial charge in [0.2, 0.25) is 0 Å². The third-order valence-electron chi connectivity index (χ3n) is 6.16. The molecule has 1 saturated heterocycles. The Bertz CT molecular complexity index is 1310. The fourth-order valence-corrected chi connectivity index (χ4v) is 5.29. The summed E-state index contributed by atoms with van der Waals surface area (Å²) >= 11 is 6.81. The molecule has 0 radical (unpaired) electrons. The van der Waals surface area contributed by atoms with E-state index in [1.54, 1.807) is 4.90 Å². The summed E-state index contributed by atoms with van der Waals surface area (Å²) in [7, 11) is 0. The molecule has 3 aromatic rings. The lowest BCUT2D eigenvalue weighted by Gasteiger charge is -2.19. The van der Waals surface area contributed by atoms with Crippen molar-refractivity contribution >= 4 is 40.3 Å². The maximum Gasteiger partial charge on any atom is 0.266 e. The highest BCUT2D eigenvalue weighted by molar-refractivity contribution is 8.26. The van der Waals surface area contributed by atoms with E-state index < -0.39 is 0 Å². The smallest absolute Gasteiger partial charge is 0.266 e. The lowest BCUT2D eigenvalue weighted by atomic mass is 9.87. The second kappa shape index (κ2) is 13.2. The summed E-state index contributed by atoms with van der Waals surface area (Å²) in [6, 6.07) is 23.8. The summed E-state index contributed by atoms with van der Waals surface area (Å²) in [6.45, 7) is 10.6. The third kappa shape index (κ3) is 7.87. The highest BCUT2D eigenvalue weighted by atomic mass is 32.2. The number of hydrogen-bond donors (Lipinski definition) is 0. The van der Waals surface area contributed by atoms with Crippen molar-refractivity contribution in [1.29, 1.82) is 0 Å². The van der Waals surface area contributed by atoms with Crippen molar-refractivity contribution in [2.45, 2.75) is 46.1 Å². The van der Waals surface area contributed by atoms with E-state index in [2.05, 4.69) is 32.9 Å². The predicted molar refractivity (Wildman–Crippen MR) is 164 cm³/mol. The van der Waals surface area contributed by atoms with Crippen molar-refractivity contribution in [2.75, 3.05) is 19.8 Å². The summed E-state index contributed by atoms with van der Waals surface area (Å²) < 4.78 is 18.3. The topological polar surface area (TPSA) is 48.0 Å². The zero-order valence-electron chi connectivity index (χ0n) is 22.9.